The molecule has 0 unspecified atom stereocenters. The van der Waals surface area contributed by atoms with Gasteiger partial charge in [0.25, 0.3) is 0 Å². The molecule has 0 amide bonds. The van der Waals surface area contributed by atoms with Crippen molar-refractivity contribution < 1.29 is 9.90 Å². The molecule has 0 heterocycles. The molecule has 0 radical (unpaired) electrons. The lowest BCUT2D eigenvalue weighted by Gasteiger charge is -2.60. The fourth-order valence-electron chi connectivity index (χ4n) is 8.53. The molecule has 4 rings (SSSR count). The maximum absolute atomic E-state index is 12.5. The second kappa shape index (κ2) is 6.33. The normalized spacial score (nSPS) is 53.1. The lowest BCUT2D eigenvalue weighted by Crippen LogP contribution is -2.54. The number of hydrogen-bond donors (Lipinski definition) is 1. The minimum Gasteiger partial charge on any atom is -0.393 e. The van der Waals surface area contributed by atoms with Gasteiger partial charge in [0, 0.05) is 12.3 Å². The molecule has 0 aliphatic heterocycles. The summed E-state index contributed by atoms with van der Waals surface area (Å²) in [5.41, 5.74) is 0.481. The number of carbonyl (C=O) groups is 1. The minimum absolute atomic E-state index is 0.0896. The summed E-state index contributed by atoms with van der Waals surface area (Å²) in [5, 5.41) is 19.5. The molecule has 3 nitrogen and oxygen atoms in total. The number of aliphatic hydroxyl groups is 1. The molecule has 3 heteroatoms. The van der Waals surface area contributed by atoms with Gasteiger partial charge >= 0.3 is 0 Å². The van der Waals surface area contributed by atoms with Gasteiger partial charge in [-0.1, -0.05) is 13.8 Å². The predicted molar refractivity (Wildman–Crippen MR) is 101 cm³/mol. The third kappa shape index (κ3) is 2.51. The Morgan fingerprint density at radius 2 is 1.81 bits per heavy atom. The van der Waals surface area contributed by atoms with Crippen LogP contribution in [0.15, 0.2) is 0 Å². The van der Waals surface area contributed by atoms with Crippen LogP contribution in [0.4, 0.5) is 0 Å². The summed E-state index contributed by atoms with van der Waals surface area (Å²) in [4.78, 5) is 12.5. The Labute approximate surface area is 158 Å². The Morgan fingerprint density at radius 3 is 2.50 bits per heavy atom. The van der Waals surface area contributed by atoms with Gasteiger partial charge in [-0.3, -0.25) is 4.79 Å². The van der Waals surface area contributed by atoms with Crippen LogP contribution in [0.2, 0.25) is 0 Å². The highest BCUT2D eigenvalue weighted by molar-refractivity contribution is 5.80. The molecule has 4 fully saturated rings. The standard InChI is InChI=1S/C23H35NO2/c1-14(25)21-15(8-11-24)12-20-18-5-4-16-13-17(26)6-9-22(16,2)19(18)7-10-23(20,21)3/h15-21,26H,4-10,12-13H2,1-3H3/t15-,16+,17-,18-,19+,20+,21+,22+,23+/m1/s1. The molecule has 0 spiro atoms. The number of ketones is 1. The Balaban J connectivity index is 1.64. The van der Waals surface area contributed by atoms with Crippen molar-refractivity contribution in [1.82, 2.24) is 0 Å². The van der Waals surface area contributed by atoms with E-state index in [1.807, 2.05) is 0 Å². The first kappa shape index (κ1) is 18.5. The van der Waals surface area contributed by atoms with Crippen molar-refractivity contribution in [3.63, 3.8) is 0 Å². The van der Waals surface area contributed by atoms with E-state index < -0.39 is 0 Å². The number of rotatable bonds is 2. The molecule has 4 saturated carbocycles. The van der Waals surface area contributed by atoms with E-state index >= 15 is 0 Å². The lowest BCUT2D eigenvalue weighted by molar-refractivity contribution is -0.139. The number of nitriles is 1. The van der Waals surface area contributed by atoms with Crippen LogP contribution in [0, 0.1) is 57.7 Å². The van der Waals surface area contributed by atoms with Crippen LogP contribution in [0.1, 0.15) is 78.6 Å². The third-order valence-electron chi connectivity index (χ3n) is 9.61. The van der Waals surface area contributed by atoms with Crippen LogP contribution in [0.3, 0.4) is 0 Å². The molecule has 144 valence electrons. The summed E-state index contributed by atoms with van der Waals surface area (Å²) < 4.78 is 0. The Hall–Kier alpha value is -0.880. The second-order valence-corrected chi connectivity index (χ2v) is 10.6. The number of nitrogens with zero attached hydrogens (tertiary/aromatic N) is 1. The van der Waals surface area contributed by atoms with Gasteiger partial charge in [0.2, 0.25) is 0 Å². The van der Waals surface area contributed by atoms with Crippen LogP contribution in [-0.2, 0) is 4.79 Å². The summed E-state index contributed by atoms with van der Waals surface area (Å²) in [6.45, 7) is 6.64. The minimum atomic E-state index is -0.0907. The van der Waals surface area contributed by atoms with Crippen LogP contribution in [0.5, 0.6) is 0 Å². The van der Waals surface area contributed by atoms with E-state index in [1.165, 1.54) is 25.7 Å². The van der Waals surface area contributed by atoms with Crippen molar-refractivity contribution in [3.05, 3.63) is 0 Å². The number of hydrogen-bond acceptors (Lipinski definition) is 3. The highest BCUT2D eigenvalue weighted by atomic mass is 16.3. The fourth-order valence-corrected chi connectivity index (χ4v) is 8.53. The molecule has 4 aliphatic rings. The van der Waals surface area contributed by atoms with Crippen LogP contribution in [-0.4, -0.2) is 17.0 Å². The summed E-state index contributed by atoms with van der Waals surface area (Å²) >= 11 is 0. The van der Waals surface area contributed by atoms with Crippen molar-refractivity contribution in [3.8, 4) is 6.07 Å². The fraction of sp³-hybridized carbons (Fsp3) is 0.913. The summed E-state index contributed by atoms with van der Waals surface area (Å²) in [5.74, 6) is 3.43. The molecule has 26 heavy (non-hydrogen) atoms. The topological polar surface area (TPSA) is 61.1 Å². The average Bonchev–Trinajstić information content (AvgIpc) is 2.88. The number of carbonyl (C=O) groups excluding carboxylic acids is 1. The van der Waals surface area contributed by atoms with Gasteiger partial charge in [0.15, 0.2) is 0 Å². The van der Waals surface area contributed by atoms with Gasteiger partial charge in [0.1, 0.15) is 5.78 Å². The first-order valence-corrected chi connectivity index (χ1v) is 10.9. The van der Waals surface area contributed by atoms with Crippen molar-refractivity contribution in [2.75, 3.05) is 0 Å². The van der Waals surface area contributed by atoms with Gasteiger partial charge in [-0.15, -0.1) is 0 Å². The van der Waals surface area contributed by atoms with Gasteiger partial charge in [-0.05, 0) is 98.7 Å². The van der Waals surface area contributed by atoms with E-state index in [0.717, 1.165) is 37.5 Å². The number of fused-ring (bicyclic) bond motifs is 5. The van der Waals surface area contributed by atoms with Crippen molar-refractivity contribution in [2.24, 2.45) is 46.3 Å². The zero-order chi connectivity index (χ0) is 18.7. The molecule has 0 aromatic heterocycles. The molecular weight excluding hydrogens is 322 g/mol. The van der Waals surface area contributed by atoms with Crippen LogP contribution >= 0.6 is 0 Å². The van der Waals surface area contributed by atoms with E-state index in [2.05, 4.69) is 19.9 Å². The molecule has 9 atom stereocenters. The molecule has 4 aliphatic carbocycles. The lowest BCUT2D eigenvalue weighted by atomic mass is 9.44. The highest BCUT2D eigenvalue weighted by Crippen LogP contribution is 2.68. The van der Waals surface area contributed by atoms with Gasteiger partial charge in [-0.2, -0.15) is 5.26 Å². The maximum atomic E-state index is 12.5. The molecule has 0 saturated heterocycles. The number of aliphatic hydroxyl groups excluding tert-OH is 1. The Morgan fingerprint density at radius 1 is 1.08 bits per heavy atom. The van der Waals surface area contributed by atoms with Gasteiger partial charge in [-0.25, -0.2) is 0 Å². The first-order valence-electron chi connectivity index (χ1n) is 10.9. The largest absolute Gasteiger partial charge is 0.393 e. The van der Waals surface area contributed by atoms with Crippen LogP contribution < -0.4 is 0 Å². The summed E-state index contributed by atoms with van der Waals surface area (Å²) in [6, 6.07) is 2.37. The monoisotopic (exact) mass is 357 g/mol. The average molecular weight is 358 g/mol. The quantitative estimate of drug-likeness (QED) is 0.777. The maximum Gasteiger partial charge on any atom is 0.133 e. The smallest absolute Gasteiger partial charge is 0.133 e. The second-order valence-electron chi connectivity index (χ2n) is 10.6. The molecule has 1 N–H and O–H groups in total. The highest BCUT2D eigenvalue weighted by Gasteiger charge is 2.62. The number of Topliss-reactive ketones (excluding diaryl/α,β-unsaturated/α-hetero) is 1. The summed E-state index contributed by atoms with van der Waals surface area (Å²) in [6.07, 6.45) is 9.56. The van der Waals surface area contributed by atoms with E-state index in [-0.39, 0.29) is 23.4 Å². The molecule has 0 bridgehead atoms. The zero-order valence-corrected chi connectivity index (χ0v) is 16.7. The van der Waals surface area contributed by atoms with E-state index in [9.17, 15) is 15.2 Å². The summed E-state index contributed by atoms with van der Waals surface area (Å²) in [7, 11) is 0. The van der Waals surface area contributed by atoms with Crippen molar-refractivity contribution in [1.29, 1.82) is 5.26 Å². The third-order valence-corrected chi connectivity index (χ3v) is 9.61. The van der Waals surface area contributed by atoms with Crippen molar-refractivity contribution in [2.45, 2.75) is 84.7 Å². The zero-order valence-electron chi connectivity index (χ0n) is 16.7. The van der Waals surface area contributed by atoms with E-state index in [1.54, 1.807) is 6.92 Å². The van der Waals surface area contributed by atoms with E-state index in [0.29, 0.717) is 29.5 Å². The van der Waals surface area contributed by atoms with E-state index in [4.69, 9.17) is 0 Å². The molecule has 0 aromatic rings. The first-order chi connectivity index (χ1) is 12.3. The van der Waals surface area contributed by atoms with Gasteiger partial charge < -0.3 is 5.11 Å². The van der Waals surface area contributed by atoms with Gasteiger partial charge in [0.05, 0.1) is 12.2 Å². The molecular formula is C23H35NO2. The Bertz CT molecular complexity index is 624. The van der Waals surface area contributed by atoms with Crippen LogP contribution in [0.25, 0.3) is 0 Å². The molecule has 0 aromatic carbocycles. The van der Waals surface area contributed by atoms with Crippen molar-refractivity contribution >= 4 is 5.78 Å². The SMILES string of the molecule is CC(=O)[C@H]1[C@H](CC#N)C[C@H]2[C@@H]3CC[C@H]4C[C@H](O)CC[C@]4(C)[C@H]3CC[C@@]21C. The Kier molecular flexibility index (Phi) is 4.50. The predicted octanol–water partition coefficient (Wildman–Crippen LogP) is 4.73.